The molecule has 18 heavy (non-hydrogen) atoms. The number of para-hydroxylation sites is 1. The van der Waals surface area contributed by atoms with E-state index in [1.54, 1.807) is 23.9 Å². The normalized spacial score (nSPS) is 10.5. The first-order valence-corrected chi connectivity index (χ1v) is 7.60. The molecule has 3 nitrogen and oxygen atoms in total. The van der Waals surface area contributed by atoms with Gasteiger partial charge in [-0.05, 0) is 18.2 Å². The maximum absolute atomic E-state index is 10.8. The molecule has 1 aromatic rings. The van der Waals surface area contributed by atoms with E-state index < -0.39 is 0 Å². The Kier molecular flexibility index (Phi) is 7.49. The number of hydrogen-bond donors (Lipinski definition) is 0. The minimum atomic E-state index is -0.302. The van der Waals surface area contributed by atoms with Crippen molar-refractivity contribution in [2.75, 3.05) is 5.75 Å². The van der Waals surface area contributed by atoms with Crippen LogP contribution in [0.15, 0.2) is 29.2 Å². The Labute approximate surface area is 113 Å². The summed E-state index contributed by atoms with van der Waals surface area (Å²) in [7, 11) is 0. The molecule has 1 rings (SSSR count). The van der Waals surface area contributed by atoms with Gasteiger partial charge in [-0.2, -0.15) is 0 Å². The summed E-state index contributed by atoms with van der Waals surface area (Å²) in [5.74, 6) is 0.969. The van der Waals surface area contributed by atoms with Crippen molar-refractivity contribution < 1.29 is 4.92 Å². The first-order valence-electron chi connectivity index (χ1n) is 6.62. The zero-order valence-electron chi connectivity index (χ0n) is 10.9. The molecule has 0 saturated carbocycles. The maximum Gasteiger partial charge on any atom is 0.282 e. The molecule has 0 aromatic heterocycles. The van der Waals surface area contributed by atoms with Crippen LogP contribution in [0.1, 0.15) is 45.4 Å². The third-order valence-electron chi connectivity index (χ3n) is 2.82. The summed E-state index contributed by atoms with van der Waals surface area (Å²) in [5, 5.41) is 10.8. The highest BCUT2D eigenvalue weighted by Gasteiger charge is 2.11. The van der Waals surface area contributed by atoms with Crippen LogP contribution < -0.4 is 0 Å². The van der Waals surface area contributed by atoms with Gasteiger partial charge in [0.1, 0.15) is 0 Å². The van der Waals surface area contributed by atoms with Gasteiger partial charge < -0.3 is 0 Å². The quantitative estimate of drug-likeness (QED) is 0.272. The van der Waals surface area contributed by atoms with E-state index in [4.69, 9.17) is 0 Å². The van der Waals surface area contributed by atoms with E-state index in [1.807, 2.05) is 12.1 Å². The molecule has 0 fully saturated rings. The number of nitro benzene ring substituents is 1. The van der Waals surface area contributed by atoms with Gasteiger partial charge in [0, 0.05) is 6.07 Å². The SMILES string of the molecule is CCCCCCCCSc1ccccc1[N+](=O)[O-]. The molecule has 0 bridgehead atoms. The van der Waals surface area contributed by atoms with Gasteiger partial charge in [-0.1, -0.05) is 51.2 Å². The average molecular weight is 267 g/mol. The molecule has 0 aliphatic heterocycles. The number of thioether (sulfide) groups is 1. The molecular formula is C14H21NO2S. The topological polar surface area (TPSA) is 43.1 Å². The zero-order chi connectivity index (χ0) is 13.2. The molecule has 100 valence electrons. The molecule has 0 heterocycles. The van der Waals surface area contributed by atoms with Crippen LogP contribution in [0, 0.1) is 10.1 Å². The smallest absolute Gasteiger partial charge is 0.258 e. The van der Waals surface area contributed by atoms with Gasteiger partial charge >= 0.3 is 0 Å². The van der Waals surface area contributed by atoms with Crippen LogP contribution in [-0.2, 0) is 0 Å². The summed E-state index contributed by atoms with van der Waals surface area (Å²) < 4.78 is 0. The molecule has 0 amide bonds. The lowest BCUT2D eigenvalue weighted by Crippen LogP contribution is -1.91. The van der Waals surface area contributed by atoms with Crippen molar-refractivity contribution in [1.82, 2.24) is 0 Å². The van der Waals surface area contributed by atoms with E-state index in [1.165, 1.54) is 32.1 Å². The summed E-state index contributed by atoms with van der Waals surface area (Å²) in [6, 6.07) is 6.98. The summed E-state index contributed by atoms with van der Waals surface area (Å²) >= 11 is 1.60. The largest absolute Gasteiger partial charge is 0.282 e. The number of hydrogen-bond acceptors (Lipinski definition) is 3. The van der Waals surface area contributed by atoms with Crippen LogP contribution in [0.25, 0.3) is 0 Å². The minimum absolute atomic E-state index is 0.230. The van der Waals surface area contributed by atoms with Gasteiger partial charge in [-0.3, -0.25) is 10.1 Å². The Hall–Kier alpha value is -1.03. The predicted molar refractivity (Wildman–Crippen MR) is 77.2 cm³/mol. The van der Waals surface area contributed by atoms with E-state index >= 15 is 0 Å². The first kappa shape index (κ1) is 15.0. The molecule has 0 radical (unpaired) electrons. The summed E-state index contributed by atoms with van der Waals surface area (Å²) in [6.45, 7) is 2.21. The number of nitrogens with zero attached hydrogens (tertiary/aromatic N) is 1. The highest BCUT2D eigenvalue weighted by Crippen LogP contribution is 2.29. The summed E-state index contributed by atoms with van der Waals surface area (Å²) in [4.78, 5) is 11.3. The highest BCUT2D eigenvalue weighted by molar-refractivity contribution is 7.99. The molecule has 0 saturated heterocycles. The lowest BCUT2D eigenvalue weighted by atomic mass is 10.1. The van der Waals surface area contributed by atoms with Gasteiger partial charge in [-0.25, -0.2) is 0 Å². The van der Waals surface area contributed by atoms with Crippen LogP contribution in [0.5, 0.6) is 0 Å². The third kappa shape index (κ3) is 5.54. The third-order valence-corrected chi connectivity index (χ3v) is 3.97. The van der Waals surface area contributed by atoms with Gasteiger partial charge in [0.2, 0.25) is 0 Å². The first-order chi connectivity index (χ1) is 8.75. The summed E-state index contributed by atoms with van der Waals surface area (Å²) in [6.07, 6.45) is 7.55. The van der Waals surface area contributed by atoms with E-state index in [9.17, 15) is 10.1 Å². The second-order valence-electron chi connectivity index (χ2n) is 4.34. The minimum Gasteiger partial charge on any atom is -0.258 e. The Bertz CT molecular complexity index is 369. The van der Waals surface area contributed by atoms with Crippen LogP contribution in [0.3, 0.4) is 0 Å². The zero-order valence-corrected chi connectivity index (χ0v) is 11.7. The fraction of sp³-hybridized carbons (Fsp3) is 0.571. The van der Waals surface area contributed by atoms with E-state index in [0.29, 0.717) is 0 Å². The Morgan fingerprint density at radius 3 is 2.50 bits per heavy atom. The second kappa shape index (κ2) is 8.97. The molecule has 0 atom stereocenters. The Morgan fingerprint density at radius 1 is 1.11 bits per heavy atom. The maximum atomic E-state index is 10.8. The van der Waals surface area contributed by atoms with Gasteiger partial charge in [0.25, 0.3) is 5.69 Å². The van der Waals surface area contributed by atoms with Crippen molar-refractivity contribution in [1.29, 1.82) is 0 Å². The average Bonchev–Trinajstić information content (AvgIpc) is 2.38. The van der Waals surface area contributed by atoms with Crippen LogP contribution in [-0.4, -0.2) is 10.7 Å². The fourth-order valence-electron chi connectivity index (χ4n) is 1.79. The van der Waals surface area contributed by atoms with Crippen molar-refractivity contribution in [2.45, 2.75) is 50.3 Å². The predicted octanol–water partition coefficient (Wildman–Crippen LogP) is 5.05. The van der Waals surface area contributed by atoms with Gasteiger partial charge in [0.15, 0.2) is 0 Å². The van der Waals surface area contributed by atoms with Crippen molar-refractivity contribution in [3.8, 4) is 0 Å². The van der Waals surface area contributed by atoms with Crippen molar-refractivity contribution in [2.24, 2.45) is 0 Å². The van der Waals surface area contributed by atoms with Gasteiger partial charge in [0.05, 0.1) is 9.82 Å². The number of rotatable bonds is 9. The van der Waals surface area contributed by atoms with Crippen molar-refractivity contribution >= 4 is 17.4 Å². The standard InChI is InChI=1S/C14H21NO2S/c1-2-3-4-5-6-9-12-18-14-11-8-7-10-13(14)15(16)17/h7-8,10-11H,2-6,9,12H2,1H3. The molecule has 0 spiro atoms. The highest BCUT2D eigenvalue weighted by atomic mass is 32.2. The van der Waals surface area contributed by atoms with E-state index in [2.05, 4.69) is 6.92 Å². The lowest BCUT2D eigenvalue weighted by molar-refractivity contribution is -0.387. The Morgan fingerprint density at radius 2 is 1.78 bits per heavy atom. The molecule has 1 aromatic carbocycles. The fourth-order valence-corrected chi connectivity index (χ4v) is 2.83. The van der Waals surface area contributed by atoms with Crippen molar-refractivity contribution in [3.05, 3.63) is 34.4 Å². The number of nitro groups is 1. The van der Waals surface area contributed by atoms with Gasteiger partial charge in [-0.15, -0.1) is 11.8 Å². The van der Waals surface area contributed by atoms with Crippen molar-refractivity contribution in [3.63, 3.8) is 0 Å². The van der Waals surface area contributed by atoms with E-state index in [-0.39, 0.29) is 10.6 Å². The van der Waals surface area contributed by atoms with Crippen LogP contribution in [0.2, 0.25) is 0 Å². The second-order valence-corrected chi connectivity index (χ2v) is 5.48. The molecule has 0 aliphatic rings. The molecular weight excluding hydrogens is 246 g/mol. The number of unbranched alkanes of at least 4 members (excludes halogenated alkanes) is 5. The van der Waals surface area contributed by atoms with Crippen LogP contribution in [0.4, 0.5) is 5.69 Å². The Balaban J connectivity index is 2.25. The molecule has 4 heteroatoms. The molecule has 0 unspecified atom stereocenters. The summed E-state index contributed by atoms with van der Waals surface area (Å²) in [5.41, 5.74) is 0.230. The molecule has 0 aliphatic carbocycles. The number of benzene rings is 1. The van der Waals surface area contributed by atoms with Crippen LogP contribution >= 0.6 is 11.8 Å². The molecule has 0 N–H and O–H groups in total. The van der Waals surface area contributed by atoms with E-state index in [0.717, 1.165) is 17.1 Å². The monoisotopic (exact) mass is 267 g/mol. The lowest BCUT2D eigenvalue weighted by Gasteiger charge is -2.03.